The highest BCUT2D eigenvalue weighted by atomic mass is 32.2. The third kappa shape index (κ3) is 3.72. The standard InChI is InChI=1S/C11H19N3S/c1-14(8-9-15-2)11-10(5-6-12)4-3-7-13-11/h3-4,7H,5-6,8-9,12H2,1-2H3. The lowest BCUT2D eigenvalue weighted by Crippen LogP contribution is -2.23. The Hall–Kier alpha value is -0.740. The Labute approximate surface area is 96.1 Å². The van der Waals surface area contributed by atoms with Crippen LogP contribution >= 0.6 is 11.8 Å². The van der Waals surface area contributed by atoms with E-state index < -0.39 is 0 Å². The van der Waals surface area contributed by atoms with E-state index in [1.54, 1.807) is 0 Å². The molecule has 0 amide bonds. The van der Waals surface area contributed by atoms with Crippen LogP contribution in [0.2, 0.25) is 0 Å². The topological polar surface area (TPSA) is 42.2 Å². The highest BCUT2D eigenvalue weighted by Gasteiger charge is 2.06. The molecule has 1 aromatic rings. The first-order valence-electron chi connectivity index (χ1n) is 5.13. The molecule has 0 aliphatic heterocycles. The van der Waals surface area contributed by atoms with Crippen molar-refractivity contribution >= 4 is 17.6 Å². The second-order valence-corrected chi connectivity index (χ2v) is 4.42. The summed E-state index contributed by atoms with van der Waals surface area (Å²) in [7, 11) is 2.08. The Balaban J connectivity index is 2.72. The fourth-order valence-corrected chi connectivity index (χ4v) is 1.92. The van der Waals surface area contributed by atoms with E-state index in [1.165, 1.54) is 5.56 Å². The first-order chi connectivity index (χ1) is 7.29. The van der Waals surface area contributed by atoms with Crippen LogP contribution in [0.25, 0.3) is 0 Å². The van der Waals surface area contributed by atoms with Crippen molar-refractivity contribution in [2.24, 2.45) is 5.73 Å². The average molecular weight is 225 g/mol. The lowest BCUT2D eigenvalue weighted by molar-refractivity contribution is 0.897. The molecule has 0 radical (unpaired) electrons. The number of hydrogen-bond donors (Lipinski definition) is 1. The molecule has 84 valence electrons. The number of nitrogens with two attached hydrogens (primary N) is 1. The number of anilines is 1. The molecular formula is C11H19N3S. The number of pyridine rings is 1. The predicted molar refractivity (Wildman–Crippen MR) is 68.6 cm³/mol. The molecule has 0 fully saturated rings. The molecule has 0 bridgehead atoms. The van der Waals surface area contributed by atoms with Gasteiger partial charge in [0.25, 0.3) is 0 Å². The average Bonchev–Trinajstić information content (AvgIpc) is 2.27. The first kappa shape index (κ1) is 12.3. The van der Waals surface area contributed by atoms with Crippen molar-refractivity contribution in [2.75, 3.05) is 37.0 Å². The summed E-state index contributed by atoms with van der Waals surface area (Å²) in [6.45, 7) is 1.70. The van der Waals surface area contributed by atoms with Gasteiger partial charge in [-0.2, -0.15) is 11.8 Å². The molecule has 0 aliphatic carbocycles. The zero-order valence-electron chi connectivity index (χ0n) is 9.44. The number of nitrogens with zero attached hydrogens (tertiary/aromatic N) is 2. The van der Waals surface area contributed by atoms with Crippen molar-refractivity contribution < 1.29 is 0 Å². The Morgan fingerprint density at radius 3 is 3.00 bits per heavy atom. The Kier molecular flexibility index (Phi) is 5.50. The maximum atomic E-state index is 5.58. The molecule has 1 rings (SSSR count). The van der Waals surface area contributed by atoms with E-state index in [4.69, 9.17) is 5.73 Å². The van der Waals surface area contributed by atoms with Crippen LogP contribution in [0.1, 0.15) is 5.56 Å². The molecule has 1 aromatic heterocycles. The van der Waals surface area contributed by atoms with Gasteiger partial charge in [0.2, 0.25) is 0 Å². The van der Waals surface area contributed by atoms with Gasteiger partial charge in [0.15, 0.2) is 0 Å². The van der Waals surface area contributed by atoms with Crippen LogP contribution in [0, 0.1) is 0 Å². The van der Waals surface area contributed by atoms with E-state index in [-0.39, 0.29) is 0 Å². The summed E-state index contributed by atoms with van der Waals surface area (Å²) < 4.78 is 0. The zero-order chi connectivity index (χ0) is 11.1. The summed E-state index contributed by atoms with van der Waals surface area (Å²) in [5, 5.41) is 0. The fourth-order valence-electron chi connectivity index (χ4n) is 1.46. The smallest absolute Gasteiger partial charge is 0.131 e. The summed E-state index contributed by atoms with van der Waals surface area (Å²) in [6, 6.07) is 4.07. The summed E-state index contributed by atoms with van der Waals surface area (Å²) in [5.74, 6) is 2.19. The largest absolute Gasteiger partial charge is 0.359 e. The van der Waals surface area contributed by atoms with Crippen molar-refractivity contribution in [3.8, 4) is 0 Å². The van der Waals surface area contributed by atoms with Gasteiger partial charge in [-0.1, -0.05) is 6.07 Å². The van der Waals surface area contributed by atoms with Crippen LogP contribution in [-0.2, 0) is 6.42 Å². The van der Waals surface area contributed by atoms with Crippen molar-refractivity contribution in [2.45, 2.75) is 6.42 Å². The van der Waals surface area contributed by atoms with E-state index in [1.807, 2.05) is 24.0 Å². The number of aromatic nitrogens is 1. The molecular weight excluding hydrogens is 206 g/mol. The predicted octanol–water partition coefficient (Wildman–Crippen LogP) is 1.38. The van der Waals surface area contributed by atoms with Crippen LogP contribution in [-0.4, -0.2) is 37.1 Å². The maximum absolute atomic E-state index is 5.58. The zero-order valence-corrected chi connectivity index (χ0v) is 10.3. The van der Waals surface area contributed by atoms with Gasteiger partial charge in [0.1, 0.15) is 5.82 Å². The lowest BCUT2D eigenvalue weighted by atomic mass is 10.2. The summed E-state index contributed by atoms with van der Waals surface area (Å²) in [6.07, 6.45) is 4.85. The van der Waals surface area contributed by atoms with Crippen molar-refractivity contribution in [3.05, 3.63) is 23.9 Å². The molecule has 15 heavy (non-hydrogen) atoms. The Morgan fingerprint density at radius 1 is 1.53 bits per heavy atom. The molecule has 0 aliphatic rings. The second kappa shape index (κ2) is 6.69. The van der Waals surface area contributed by atoms with E-state index in [0.29, 0.717) is 6.54 Å². The fraction of sp³-hybridized carbons (Fsp3) is 0.545. The monoisotopic (exact) mass is 225 g/mol. The molecule has 0 saturated carbocycles. The third-order valence-electron chi connectivity index (χ3n) is 2.27. The second-order valence-electron chi connectivity index (χ2n) is 3.44. The number of thioether (sulfide) groups is 1. The van der Waals surface area contributed by atoms with Gasteiger partial charge in [-0.25, -0.2) is 4.98 Å². The van der Waals surface area contributed by atoms with Gasteiger partial charge in [-0.05, 0) is 30.9 Å². The summed E-state index contributed by atoms with van der Waals surface area (Å²) >= 11 is 1.85. The molecule has 0 saturated heterocycles. The van der Waals surface area contributed by atoms with Gasteiger partial charge in [-0.3, -0.25) is 0 Å². The van der Waals surface area contributed by atoms with Crippen molar-refractivity contribution in [3.63, 3.8) is 0 Å². The summed E-state index contributed by atoms with van der Waals surface area (Å²) in [4.78, 5) is 6.61. The number of rotatable bonds is 6. The molecule has 3 nitrogen and oxygen atoms in total. The van der Waals surface area contributed by atoms with E-state index in [9.17, 15) is 0 Å². The molecule has 2 N–H and O–H groups in total. The van der Waals surface area contributed by atoms with Crippen molar-refractivity contribution in [1.82, 2.24) is 4.98 Å². The van der Waals surface area contributed by atoms with E-state index >= 15 is 0 Å². The van der Waals surface area contributed by atoms with Crippen LogP contribution in [0.15, 0.2) is 18.3 Å². The molecule has 4 heteroatoms. The minimum atomic E-state index is 0.676. The van der Waals surface area contributed by atoms with Gasteiger partial charge in [0.05, 0.1) is 0 Å². The van der Waals surface area contributed by atoms with Crippen molar-refractivity contribution in [1.29, 1.82) is 0 Å². The molecule has 0 spiro atoms. The minimum Gasteiger partial charge on any atom is -0.359 e. The minimum absolute atomic E-state index is 0.676. The number of hydrogen-bond acceptors (Lipinski definition) is 4. The van der Waals surface area contributed by atoms with Gasteiger partial charge < -0.3 is 10.6 Å². The SMILES string of the molecule is CSCCN(C)c1ncccc1CCN. The molecule has 0 atom stereocenters. The highest BCUT2D eigenvalue weighted by molar-refractivity contribution is 7.98. The normalized spacial score (nSPS) is 10.3. The van der Waals surface area contributed by atoms with Crippen LogP contribution in [0.5, 0.6) is 0 Å². The van der Waals surface area contributed by atoms with Gasteiger partial charge in [0, 0.05) is 25.5 Å². The maximum Gasteiger partial charge on any atom is 0.131 e. The van der Waals surface area contributed by atoms with E-state index in [0.717, 1.165) is 24.5 Å². The van der Waals surface area contributed by atoms with Crippen LogP contribution in [0.3, 0.4) is 0 Å². The first-order valence-corrected chi connectivity index (χ1v) is 6.53. The molecule has 0 unspecified atom stereocenters. The van der Waals surface area contributed by atoms with Crippen LogP contribution < -0.4 is 10.6 Å². The van der Waals surface area contributed by atoms with Crippen LogP contribution in [0.4, 0.5) is 5.82 Å². The van der Waals surface area contributed by atoms with Gasteiger partial charge in [-0.15, -0.1) is 0 Å². The van der Waals surface area contributed by atoms with E-state index in [2.05, 4.69) is 29.3 Å². The van der Waals surface area contributed by atoms with Gasteiger partial charge >= 0.3 is 0 Å². The summed E-state index contributed by atoms with van der Waals surface area (Å²) in [5.41, 5.74) is 6.82. The third-order valence-corrected chi connectivity index (χ3v) is 2.86. The highest BCUT2D eigenvalue weighted by Crippen LogP contribution is 2.16. The molecule has 0 aromatic carbocycles. The molecule has 1 heterocycles. The Morgan fingerprint density at radius 2 is 2.33 bits per heavy atom. The Bertz CT molecular complexity index is 291. The quantitative estimate of drug-likeness (QED) is 0.794. The lowest BCUT2D eigenvalue weighted by Gasteiger charge is -2.20.